The first-order valence-corrected chi connectivity index (χ1v) is 7.55. The molecule has 5 nitrogen and oxygen atoms in total. The van der Waals surface area contributed by atoms with Crippen molar-refractivity contribution in [1.82, 2.24) is 4.90 Å². The Hall–Kier alpha value is -2.01. The number of hydrogen-bond donors (Lipinski definition) is 1. The van der Waals surface area contributed by atoms with Crippen LogP contribution in [-0.2, 0) is 0 Å². The van der Waals surface area contributed by atoms with E-state index in [0.29, 0.717) is 24.4 Å². The standard InChI is InChI=1S/C17H21NO4/c1-10-14-8-13(21-3)4-5-15(14)22-16(10)17(20)18-7-6-12(9-18)11(2)19/h4-5,8,11-12,19H,6-7,9H2,1-3H3. The fourth-order valence-corrected chi connectivity index (χ4v) is 3.04. The van der Waals surface area contributed by atoms with E-state index in [1.807, 2.05) is 25.1 Å². The minimum atomic E-state index is -0.390. The van der Waals surface area contributed by atoms with Gasteiger partial charge in [0.05, 0.1) is 13.2 Å². The lowest BCUT2D eigenvalue weighted by molar-refractivity contribution is 0.0733. The monoisotopic (exact) mass is 303 g/mol. The van der Waals surface area contributed by atoms with Gasteiger partial charge in [0, 0.05) is 30.0 Å². The average molecular weight is 303 g/mol. The van der Waals surface area contributed by atoms with Crippen molar-refractivity contribution in [2.45, 2.75) is 26.4 Å². The molecule has 1 aliphatic heterocycles. The fourth-order valence-electron chi connectivity index (χ4n) is 3.04. The number of aryl methyl sites for hydroxylation is 1. The van der Waals surface area contributed by atoms with Gasteiger partial charge in [0.25, 0.3) is 5.91 Å². The molecule has 1 aromatic heterocycles. The Morgan fingerprint density at radius 3 is 2.91 bits per heavy atom. The van der Waals surface area contributed by atoms with Crippen molar-refractivity contribution in [3.63, 3.8) is 0 Å². The number of carbonyl (C=O) groups excluding carboxylic acids is 1. The number of aliphatic hydroxyl groups is 1. The molecule has 2 unspecified atom stereocenters. The lowest BCUT2D eigenvalue weighted by Crippen LogP contribution is -2.30. The molecule has 0 aliphatic carbocycles. The number of rotatable bonds is 3. The summed E-state index contributed by atoms with van der Waals surface area (Å²) in [5.41, 5.74) is 1.52. The molecule has 22 heavy (non-hydrogen) atoms. The summed E-state index contributed by atoms with van der Waals surface area (Å²) >= 11 is 0. The van der Waals surface area contributed by atoms with Gasteiger partial charge in [-0.25, -0.2) is 0 Å². The van der Waals surface area contributed by atoms with E-state index in [4.69, 9.17) is 9.15 Å². The Balaban J connectivity index is 1.90. The third-order valence-corrected chi connectivity index (χ3v) is 4.53. The van der Waals surface area contributed by atoms with Gasteiger partial charge in [0.1, 0.15) is 11.3 Å². The third kappa shape index (κ3) is 2.46. The van der Waals surface area contributed by atoms with Crippen LogP contribution in [0.4, 0.5) is 0 Å². The second-order valence-corrected chi connectivity index (χ2v) is 5.96. The van der Waals surface area contributed by atoms with E-state index in [0.717, 1.165) is 23.1 Å². The number of amides is 1. The second-order valence-electron chi connectivity index (χ2n) is 5.96. The first-order chi connectivity index (χ1) is 10.5. The second kappa shape index (κ2) is 5.65. The van der Waals surface area contributed by atoms with Crippen molar-refractivity contribution in [2.24, 2.45) is 5.92 Å². The Labute approximate surface area is 129 Å². The van der Waals surface area contributed by atoms with Crippen LogP contribution >= 0.6 is 0 Å². The molecule has 2 heterocycles. The number of ether oxygens (including phenoxy) is 1. The van der Waals surface area contributed by atoms with Crippen LogP contribution in [0.2, 0.25) is 0 Å². The van der Waals surface area contributed by atoms with Crippen molar-refractivity contribution in [1.29, 1.82) is 0 Å². The molecule has 1 aliphatic rings. The summed E-state index contributed by atoms with van der Waals surface area (Å²) in [5, 5.41) is 10.6. The van der Waals surface area contributed by atoms with Crippen LogP contribution in [0.25, 0.3) is 11.0 Å². The van der Waals surface area contributed by atoms with Crippen molar-refractivity contribution in [3.05, 3.63) is 29.5 Å². The minimum Gasteiger partial charge on any atom is -0.497 e. The van der Waals surface area contributed by atoms with Crippen LogP contribution < -0.4 is 4.74 Å². The molecule has 3 rings (SSSR count). The molecule has 118 valence electrons. The number of fused-ring (bicyclic) bond motifs is 1. The molecular weight excluding hydrogens is 282 g/mol. The Kier molecular flexibility index (Phi) is 3.83. The van der Waals surface area contributed by atoms with E-state index >= 15 is 0 Å². The topological polar surface area (TPSA) is 62.9 Å². The van der Waals surface area contributed by atoms with Crippen LogP contribution in [0.15, 0.2) is 22.6 Å². The number of benzene rings is 1. The molecule has 0 spiro atoms. The molecule has 2 atom stereocenters. The predicted octanol–water partition coefficient (Wildman–Crippen LogP) is 2.59. The summed E-state index contributed by atoms with van der Waals surface area (Å²) < 4.78 is 11.0. The number of methoxy groups -OCH3 is 1. The molecule has 0 bridgehead atoms. The Morgan fingerprint density at radius 1 is 1.50 bits per heavy atom. The highest BCUT2D eigenvalue weighted by atomic mass is 16.5. The molecule has 1 saturated heterocycles. The van der Waals surface area contributed by atoms with Crippen LogP contribution in [0.1, 0.15) is 29.5 Å². The Morgan fingerprint density at radius 2 is 2.27 bits per heavy atom. The summed E-state index contributed by atoms with van der Waals surface area (Å²) in [7, 11) is 1.61. The summed E-state index contributed by atoms with van der Waals surface area (Å²) in [6, 6.07) is 5.52. The van der Waals surface area contributed by atoms with Crippen molar-refractivity contribution < 1.29 is 19.1 Å². The van der Waals surface area contributed by atoms with Gasteiger partial charge in [-0.15, -0.1) is 0 Å². The first kappa shape index (κ1) is 14.9. The third-order valence-electron chi connectivity index (χ3n) is 4.53. The SMILES string of the molecule is COc1ccc2oc(C(=O)N3CCC(C(C)O)C3)c(C)c2c1. The molecule has 0 saturated carbocycles. The van der Waals surface area contributed by atoms with E-state index in [1.165, 1.54) is 0 Å². The van der Waals surface area contributed by atoms with Gasteiger partial charge in [-0.2, -0.15) is 0 Å². The van der Waals surface area contributed by atoms with Crippen LogP contribution in [0.3, 0.4) is 0 Å². The lowest BCUT2D eigenvalue weighted by Gasteiger charge is -2.16. The van der Waals surface area contributed by atoms with E-state index in [1.54, 1.807) is 18.9 Å². The molecule has 1 N–H and O–H groups in total. The van der Waals surface area contributed by atoms with Gasteiger partial charge in [0.15, 0.2) is 5.76 Å². The van der Waals surface area contributed by atoms with Crippen molar-refractivity contribution in [2.75, 3.05) is 20.2 Å². The van der Waals surface area contributed by atoms with Crippen molar-refractivity contribution >= 4 is 16.9 Å². The molecule has 5 heteroatoms. The zero-order valence-electron chi connectivity index (χ0n) is 13.1. The number of nitrogens with zero attached hydrogens (tertiary/aromatic N) is 1. The van der Waals surface area contributed by atoms with Gasteiger partial charge < -0.3 is 19.2 Å². The number of likely N-dealkylation sites (tertiary alicyclic amines) is 1. The number of hydrogen-bond acceptors (Lipinski definition) is 4. The highest BCUT2D eigenvalue weighted by Gasteiger charge is 2.32. The van der Waals surface area contributed by atoms with Crippen molar-refractivity contribution in [3.8, 4) is 5.75 Å². The minimum absolute atomic E-state index is 0.101. The van der Waals surface area contributed by atoms with Gasteiger partial charge in [-0.1, -0.05) is 0 Å². The van der Waals surface area contributed by atoms with E-state index in [2.05, 4.69) is 0 Å². The zero-order valence-corrected chi connectivity index (χ0v) is 13.1. The van der Waals surface area contributed by atoms with Gasteiger partial charge in [-0.05, 0) is 38.5 Å². The summed E-state index contributed by atoms with van der Waals surface area (Å²) in [4.78, 5) is 14.4. The van der Waals surface area contributed by atoms with Crippen LogP contribution in [0.5, 0.6) is 5.75 Å². The van der Waals surface area contributed by atoms with E-state index in [-0.39, 0.29) is 17.9 Å². The number of carbonyl (C=O) groups is 1. The predicted molar refractivity (Wildman–Crippen MR) is 83.2 cm³/mol. The van der Waals surface area contributed by atoms with Gasteiger partial charge in [0.2, 0.25) is 0 Å². The van der Waals surface area contributed by atoms with E-state index in [9.17, 15) is 9.90 Å². The molecule has 0 radical (unpaired) electrons. The maximum atomic E-state index is 12.7. The average Bonchev–Trinajstić information content (AvgIpc) is 3.12. The van der Waals surface area contributed by atoms with Gasteiger partial charge >= 0.3 is 0 Å². The molecule has 1 fully saturated rings. The summed E-state index contributed by atoms with van der Waals surface area (Å²) in [6.07, 6.45) is 0.440. The van der Waals surface area contributed by atoms with Crippen LogP contribution in [0, 0.1) is 12.8 Å². The highest BCUT2D eigenvalue weighted by Crippen LogP contribution is 2.31. The maximum Gasteiger partial charge on any atom is 0.289 e. The quantitative estimate of drug-likeness (QED) is 0.946. The van der Waals surface area contributed by atoms with Gasteiger partial charge in [-0.3, -0.25) is 4.79 Å². The molecule has 1 amide bonds. The molecular formula is C17H21NO4. The number of aliphatic hydroxyl groups excluding tert-OH is 1. The molecule has 1 aromatic carbocycles. The fraction of sp³-hybridized carbons (Fsp3) is 0.471. The normalized spacial score (nSPS) is 19.6. The summed E-state index contributed by atoms with van der Waals surface area (Å²) in [6.45, 7) is 4.91. The van der Waals surface area contributed by atoms with Crippen LogP contribution in [-0.4, -0.2) is 42.2 Å². The lowest BCUT2D eigenvalue weighted by atomic mass is 10.0. The maximum absolute atomic E-state index is 12.7. The molecule has 2 aromatic rings. The highest BCUT2D eigenvalue weighted by molar-refractivity contribution is 5.99. The smallest absolute Gasteiger partial charge is 0.289 e. The largest absolute Gasteiger partial charge is 0.497 e. The summed E-state index contributed by atoms with van der Waals surface area (Å²) in [5.74, 6) is 1.17. The first-order valence-electron chi connectivity index (χ1n) is 7.55. The van der Waals surface area contributed by atoms with E-state index < -0.39 is 0 Å². The number of furan rings is 1. The Bertz CT molecular complexity index is 704. The zero-order chi connectivity index (χ0) is 15.9.